The van der Waals surface area contributed by atoms with Crippen molar-refractivity contribution in [2.75, 3.05) is 21.3 Å². The molecule has 6 nitrogen and oxygen atoms in total. The third kappa shape index (κ3) is 4.42. The van der Waals surface area contributed by atoms with Crippen molar-refractivity contribution < 1.29 is 28.9 Å². The first-order chi connectivity index (χ1) is 12.5. The number of rotatable bonds is 8. The van der Waals surface area contributed by atoms with Crippen LogP contribution in [0.3, 0.4) is 0 Å². The summed E-state index contributed by atoms with van der Waals surface area (Å²) in [6.07, 6.45) is 2.81. The van der Waals surface area contributed by atoms with Gasteiger partial charge in [-0.15, -0.1) is 0 Å². The monoisotopic (exact) mass is 356 g/mol. The van der Waals surface area contributed by atoms with E-state index in [0.717, 1.165) is 0 Å². The Morgan fingerprint density at radius 1 is 1.00 bits per heavy atom. The minimum atomic E-state index is -0.996. The molecule has 0 heterocycles. The average Bonchev–Trinajstić information content (AvgIpc) is 2.64. The molecule has 0 fully saturated rings. The third-order valence-electron chi connectivity index (χ3n) is 3.75. The lowest BCUT2D eigenvalue weighted by molar-refractivity contribution is -0.136. The molecule has 0 bridgehead atoms. The van der Waals surface area contributed by atoms with Crippen molar-refractivity contribution in [2.45, 2.75) is 6.42 Å². The number of ketones is 1. The average molecular weight is 356 g/mol. The summed E-state index contributed by atoms with van der Waals surface area (Å²) < 4.78 is 15.7. The highest BCUT2D eigenvalue weighted by atomic mass is 16.5. The highest BCUT2D eigenvalue weighted by Gasteiger charge is 2.12. The van der Waals surface area contributed by atoms with Crippen LogP contribution < -0.4 is 14.2 Å². The van der Waals surface area contributed by atoms with Gasteiger partial charge in [0.1, 0.15) is 5.75 Å². The van der Waals surface area contributed by atoms with Crippen molar-refractivity contribution in [3.05, 3.63) is 59.2 Å². The summed E-state index contributed by atoms with van der Waals surface area (Å²) in [6, 6.07) is 10.1. The largest absolute Gasteiger partial charge is 0.496 e. The minimum absolute atomic E-state index is 0.224. The SMILES string of the molecule is COc1ccc(C(=O)/C=C/c2cccc(OC)c2OC)cc1CC(=O)O. The summed E-state index contributed by atoms with van der Waals surface area (Å²) in [5.74, 6) is 0.270. The Labute approximate surface area is 151 Å². The van der Waals surface area contributed by atoms with E-state index < -0.39 is 5.97 Å². The Balaban J connectivity index is 2.30. The molecule has 0 aliphatic heterocycles. The highest BCUT2D eigenvalue weighted by molar-refractivity contribution is 6.07. The van der Waals surface area contributed by atoms with Crippen molar-refractivity contribution in [3.8, 4) is 17.2 Å². The van der Waals surface area contributed by atoms with E-state index in [4.69, 9.17) is 19.3 Å². The van der Waals surface area contributed by atoms with Crippen molar-refractivity contribution in [3.63, 3.8) is 0 Å². The molecule has 0 aromatic heterocycles. The summed E-state index contributed by atoms with van der Waals surface area (Å²) in [6.45, 7) is 0. The topological polar surface area (TPSA) is 82.1 Å². The zero-order chi connectivity index (χ0) is 19.1. The standard InChI is InChI=1S/C20H20O6/c1-24-17-10-8-14(11-15(17)12-19(22)23)16(21)9-7-13-5-4-6-18(25-2)20(13)26-3/h4-11H,12H2,1-3H3,(H,22,23)/b9-7+. The van der Waals surface area contributed by atoms with Gasteiger partial charge in [0.2, 0.25) is 0 Å². The smallest absolute Gasteiger partial charge is 0.307 e. The molecule has 0 amide bonds. The second-order valence-corrected chi connectivity index (χ2v) is 5.38. The molecule has 2 rings (SSSR count). The fourth-order valence-corrected chi connectivity index (χ4v) is 2.54. The van der Waals surface area contributed by atoms with Gasteiger partial charge < -0.3 is 19.3 Å². The molecule has 0 saturated heterocycles. The fraction of sp³-hybridized carbons (Fsp3) is 0.200. The van der Waals surface area contributed by atoms with Crippen LogP contribution in [0.15, 0.2) is 42.5 Å². The second kappa shape index (κ2) is 8.71. The van der Waals surface area contributed by atoms with Crippen LogP contribution in [0.4, 0.5) is 0 Å². The van der Waals surface area contributed by atoms with E-state index in [0.29, 0.717) is 33.9 Å². The number of methoxy groups -OCH3 is 3. The van der Waals surface area contributed by atoms with E-state index in [1.165, 1.54) is 33.5 Å². The van der Waals surface area contributed by atoms with Gasteiger partial charge in [0.05, 0.1) is 27.8 Å². The van der Waals surface area contributed by atoms with Crippen molar-refractivity contribution in [1.82, 2.24) is 0 Å². The predicted octanol–water partition coefficient (Wildman–Crippen LogP) is 3.24. The van der Waals surface area contributed by atoms with Gasteiger partial charge in [0, 0.05) is 16.7 Å². The Kier molecular flexibility index (Phi) is 6.38. The van der Waals surface area contributed by atoms with Gasteiger partial charge in [-0.25, -0.2) is 0 Å². The number of carboxylic acid groups (broad SMARTS) is 1. The number of carbonyl (C=O) groups is 2. The fourth-order valence-electron chi connectivity index (χ4n) is 2.54. The van der Waals surface area contributed by atoms with E-state index >= 15 is 0 Å². The Morgan fingerprint density at radius 3 is 2.35 bits per heavy atom. The number of benzene rings is 2. The summed E-state index contributed by atoms with van der Waals surface area (Å²) >= 11 is 0. The molecule has 0 radical (unpaired) electrons. The molecule has 0 aliphatic rings. The van der Waals surface area contributed by atoms with E-state index in [2.05, 4.69) is 0 Å². The van der Waals surface area contributed by atoms with Crippen LogP contribution in [0.1, 0.15) is 21.5 Å². The summed E-state index contributed by atoms with van der Waals surface area (Å²) in [5, 5.41) is 9.00. The van der Waals surface area contributed by atoms with Crippen molar-refractivity contribution in [2.24, 2.45) is 0 Å². The van der Waals surface area contributed by atoms with Crippen LogP contribution in [0.2, 0.25) is 0 Å². The van der Waals surface area contributed by atoms with Gasteiger partial charge in [-0.3, -0.25) is 9.59 Å². The molecule has 0 aliphatic carbocycles. The Hall–Kier alpha value is -3.28. The highest BCUT2D eigenvalue weighted by Crippen LogP contribution is 2.31. The lowest BCUT2D eigenvalue weighted by Crippen LogP contribution is -2.04. The molecular formula is C20H20O6. The molecule has 0 saturated carbocycles. The number of carbonyl (C=O) groups excluding carboxylic acids is 1. The summed E-state index contributed by atoms with van der Waals surface area (Å²) in [7, 11) is 4.52. The normalized spacial score (nSPS) is 10.6. The number of ether oxygens (including phenoxy) is 3. The molecule has 136 valence electrons. The quantitative estimate of drug-likeness (QED) is 0.578. The Bertz CT molecular complexity index is 838. The molecule has 26 heavy (non-hydrogen) atoms. The lowest BCUT2D eigenvalue weighted by Gasteiger charge is -2.10. The van der Waals surface area contributed by atoms with Crippen LogP contribution in [0.25, 0.3) is 6.08 Å². The summed E-state index contributed by atoms with van der Waals surface area (Å²) in [4.78, 5) is 23.4. The molecular weight excluding hydrogens is 336 g/mol. The number of hydrogen-bond acceptors (Lipinski definition) is 5. The van der Waals surface area contributed by atoms with Gasteiger partial charge in [0.25, 0.3) is 0 Å². The van der Waals surface area contributed by atoms with Gasteiger partial charge >= 0.3 is 5.97 Å². The zero-order valence-corrected chi connectivity index (χ0v) is 14.8. The first kappa shape index (κ1) is 19.1. The van der Waals surface area contributed by atoms with Gasteiger partial charge in [0.15, 0.2) is 17.3 Å². The number of para-hydroxylation sites is 1. The molecule has 0 atom stereocenters. The maximum absolute atomic E-state index is 12.5. The zero-order valence-electron chi connectivity index (χ0n) is 14.8. The predicted molar refractivity (Wildman–Crippen MR) is 97.2 cm³/mol. The molecule has 2 aromatic rings. The number of aliphatic carboxylic acids is 1. The van der Waals surface area contributed by atoms with E-state index in [1.54, 1.807) is 36.4 Å². The summed E-state index contributed by atoms with van der Waals surface area (Å²) in [5.41, 5.74) is 1.51. The van der Waals surface area contributed by atoms with Crippen molar-refractivity contribution in [1.29, 1.82) is 0 Å². The molecule has 6 heteroatoms. The van der Waals surface area contributed by atoms with Gasteiger partial charge in [-0.2, -0.15) is 0 Å². The van der Waals surface area contributed by atoms with E-state index in [1.807, 2.05) is 0 Å². The maximum Gasteiger partial charge on any atom is 0.307 e. The first-order valence-electron chi connectivity index (χ1n) is 7.82. The van der Waals surface area contributed by atoms with Crippen LogP contribution >= 0.6 is 0 Å². The number of allylic oxidation sites excluding steroid dienone is 1. The molecule has 1 N–H and O–H groups in total. The number of hydrogen-bond donors (Lipinski definition) is 1. The minimum Gasteiger partial charge on any atom is -0.496 e. The van der Waals surface area contributed by atoms with Gasteiger partial charge in [-0.1, -0.05) is 12.1 Å². The van der Waals surface area contributed by atoms with Crippen LogP contribution in [-0.4, -0.2) is 38.2 Å². The van der Waals surface area contributed by atoms with Crippen molar-refractivity contribution >= 4 is 17.8 Å². The number of carboxylic acids is 1. The van der Waals surface area contributed by atoms with E-state index in [-0.39, 0.29) is 12.2 Å². The van der Waals surface area contributed by atoms with Crippen LogP contribution in [0, 0.1) is 0 Å². The second-order valence-electron chi connectivity index (χ2n) is 5.38. The molecule has 0 spiro atoms. The maximum atomic E-state index is 12.5. The van der Waals surface area contributed by atoms with E-state index in [9.17, 15) is 9.59 Å². The molecule has 0 unspecified atom stereocenters. The lowest BCUT2D eigenvalue weighted by atomic mass is 10.0. The van der Waals surface area contributed by atoms with Gasteiger partial charge in [-0.05, 0) is 36.4 Å². The first-order valence-corrected chi connectivity index (χ1v) is 7.82. The third-order valence-corrected chi connectivity index (χ3v) is 3.75. The molecule has 2 aromatic carbocycles. The van der Waals surface area contributed by atoms with Crippen LogP contribution in [0.5, 0.6) is 17.2 Å². The Morgan fingerprint density at radius 2 is 1.73 bits per heavy atom. The van der Waals surface area contributed by atoms with Crippen LogP contribution in [-0.2, 0) is 11.2 Å².